The van der Waals surface area contributed by atoms with Crippen LogP contribution in [0.25, 0.3) is 0 Å². The van der Waals surface area contributed by atoms with E-state index >= 15 is 0 Å². The van der Waals surface area contributed by atoms with Crippen molar-refractivity contribution in [2.45, 2.75) is 19.6 Å². The molecule has 1 aliphatic rings. The summed E-state index contributed by atoms with van der Waals surface area (Å²) >= 11 is 0. The normalized spacial score (nSPS) is 17.1. The van der Waals surface area contributed by atoms with Gasteiger partial charge < -0.3 is 14.8 Å². The number of methoxy groups -OCH3 is 1. The number of pyridine rings is 1. The first-order chi connectivity index (χ1) is 14.2. The maximum Gasteiger partial charge on any atom is 0.228 e. The van der Waals surface area contributed by atoms with Gasteiger partial charge >= 0.3 is 0 Å². The van der Waals surface area contributed by atoms with Crippen molar-refractivity contribution >= 4 is 11.8 Å². The number of hydrogen-bond donors (Lipinski definition) is 1. The van der Waals surface area contributed by atoms with Crippen LogP contribution in [0.15, 0.2) is 54.9 Å². The van der Waals surface area contributed by atoms with Crippen molar-refractivity contribution in [2.75, 3.05) is 32.1 Å². The Morgan fingerprint density at radius 1 is 1.17 bits per heavy atom. The van der Waals surface area contributed by atoms with Crippen LogP contribution < -0.4 is 10.1 Å². The number of ether oxygens (including phenoxy) is 2. The summed E-state index contributed by atoms with van der Waals surface area (Å²) in [7, 11) is 1.72. The van der Waals surface area contributed by atoms with Gasteiger partial charge in [-0.25, -0.2) is 15.0 Å². The van der Waals surface area contributed by atoms with Gasteiger partial charge in [-0.15, -0.1) is 0 Å². The number of nitrogens with one attached hydrogen (secondary N) is 1. The standard InChI is InChI=1S/C22H25N5O2/c1-16-7-8-17(19(13-16)28-2)14-27-11-12-29-20(15-27)18-5-3-6-21(25-18)26-22-23-9-4-10-24-22/h3-10,13,20H,11-12,14-15H2,1-2H3,(H,23,24,25,26). The summed E-state index contributed by atoms with van der Waals surface area (Å²) in [5, 5.41) is 3.14. The molecule has 3 heterocycles. The Balaban J connectivity index is 1.45. The molecule has 2 aromatic heterocycles. The molecule has 0 radical (unpaired) electrons. The fourth-order valence-corrected chi connectivity index (χ4v) is 3.43. The lowest BCUT2D eigenvalue weighted by atomic mass is 10.1. The number of rotatable bonds is 6. The predicted molar refractivity (Wildman–Crippen MR) is 111 cm³/mol. The predicted octanol–water partition coefficient (Wildman–Crippen LogP) is 3.51. The zero-order chi connectivity index (χ0) is 20.1. The third kappa shape index (κ3) is 4.88. The van der Waals surface area contributed by atoms with Gasteiger partial charge in [0.05, 0.1) is 19.4 Å². The van der Waals surface area contributed by atoms with Crippen LogP contribution in [0.4, 0.5) is 11.8 Å². The molecule has 4 rings (SSSR count). The molecule has 0 saturated carbocycles. The number of aromatic nitrogens is 3. The first kappa shape index (κ1) is 19.3. The van der Waals surface area contributed by atoms with Crippen molar-refractivity contribution in [1.29, 1.82) is 0 Å². The van der Waals surface area contributed by atoms with Gasteiger partial charge in [0.2, 0.25) is 5.95 Å². The molecular weight excluding hydrogens is 366 g/mol. The topological polar surface area (TPSA) is 72.4 Å². The summed E-state index contributed by atoms with van der Waals surface area (Å²) in [6.45, 7) is 5.21. The number of aryl methyl sites for hydroxylation is 1. The Labute approximate surface area is 170 Å². The van der Waals surface area contributed by atoms with Crippen molar-refractivity contribution in [3.8, 4) is 5.75 Å². The zero-order valence-corrected chi connectivity index (χ0v) is 16.7. The first-order valence-corrected chi connectivity index (χ1v) is 9.70. The van der Waals surface area contributed by atoms with Crippen molar-refractivity contribution < 1.29 is 9.47 Å². The van der Waals surface area contributed by atoms with E-state index in [9.17, 15) is 0 Å². The van der Waals surface area contributed by atoms with E-state index in [2.05, 4.69) is 45.3 Å². The second-order valence-electron chi connectivity index (χ2n) is 7.05. The van der Waals surface area contributed by atoms with E-state index in [1.807, 2.05) is 18.2 Å². The third-order valence-corrected chi connectivity index (χ3v) is 4.89. The fraction of sp³-hybridized carbons (Fsp3) is 0.318. The molecule has 1 aromatic carbocycles. The molecule has 1 aliphatic heterocycles. The third-order valence-electron chi connectivity index (χ3n) is 4.89. The van der Waals surface area contributed by atoms with Crippen LogP contribution in [0.3, 0.4) is 0 Å². The van der Waals surface area contributed by atoms with Crippen LogP contribution in [0.1, 0.15) is 22.9 Å². The molecule has 7 nitrogen and oxygen atoms in total. The molecule has 1 saturated heterocycles. The van der Waals surface area contributed by atoms with E-state index in [4.69, 9.17) is 14.5 Å². The van der Waals surface area contributed by atoms with Crippen molar-refractivity contribution in [2.24, 2.45) is 0 Å². The van der Waals surface area contributed by atoms with Crippen molar-refractivity contribution in [3.63, 3.8) is 0 Å². The molecule has 0 amide bonds. The number of nitrogens with zero attached hydrogens (tertiary/aromatic N) is 4. The van der Waals surface area contributed by atoms with Crippen LogP contribution in [-0.4, -0.2) is 46.7 Å². The number of anilines is 2. The van der Waals surface area contributed by atoms with Crippen LogP contribution in [0.2, 0.25) is 0 Å². The van der Waals surface area contributed by atoms with Gasteiger partial charge in [0.25, 0.3) is 0 Å². The van der Waals surface area contributed by atoms with E-state index in [1.54, 1.807) is 25.6 Å². The summed E-state index contributed by atoms with van der Waals surface area (Å²) in [5.74, 6) is 2.16. The molecule has 1 N–H and O–H groups in total. The SMILES string of the molecule is COc1cc(C)ccc1CN1CCOC(c2cccc(Nc3ncccn3)n2)C1. The first-order valence-electron chi connectivity index (χ1n) is 9.70. The van der Waals surface area contributed by atoms with Gasteiger partial charge in [-0.3, -0.25) is 4.90 Å². The summed E-state index contributed by atoms with van der Waals surface area (Å²) < 4.78 is 11.6. The Bertz CT molecular complexity index is 951. The molecule has 3 aromatic rings. The molecule has 1 unspecified atom stereocenters. The number of benzene rings is 1. The Kier molecular flexibility index (Phi) is 5.97. The lowest BCUT2D eigenvalue weighted by Gasteiger charge is -2.33. The number of hydrogen-bond acceptors (Lipinski definition) is 7. The minimum atomic E-state index is -0.0846. The average Bonchev–Trinajstić information content (AvgIpc) is 2.76. The quantitative estimate of drug-likeness (QED) is 0.689. The van der Waals surface area contributed by atoms with Crippen molar-refractivity contribution in [1.82, 2.24) is 19.9 Å². The van der Waals surface area contributed by atoms with E-state index in [0.717, 1.165) is 31.1 Å². The Morgan fingerprint density at radius 3 is 2.86 bits per heavy atom. The average molecular weight is 391 g/mol. The van der Waals surface area contributed by atoms with Crippen LogP contribution in [-0.2, 0) is 11.3 Å². The van der Waals surface area contributed by atoms with Crippen LogP contribution >= 0.6 is 0 Å². The monoisotopic (exact) mass is 391 g/mol. The minimum Gasteiger partial charge on any atom is -0.496 e. The van der Waals surface area contributed by atoms with E-state index < -0.39 is 0 Å². The smallest absolute Gasteiger partial charge is 0.228 e. The lowest BCUT2D eigenvalue weighted by Crippen LogP contribution is -2.38. The van der Waals surface area contributed by atoms with E-state index in [-0.39, 0.29) is 6.10 Å². The summed E-state index contributed by atoms with van der Waals surface area (Å²) in [6.07, 6.45) is 3.31. The highest BCUT2D eigenvalue weighted by atomic mass is 16.5. The molecule has 150 valence electrons. The van der Waals surface area contributed by atoms with Crippen LogP contribution in [0.5, 0.6) is 5.75 Å². The largest absolute Gasteiger partial charge is 0.496 e. The van der Waals surface area contributed by atoms with Gasteiger partial charge in [-0.1, -0.05) is 18.2 Å². The highest BCUT2D eigenvalue weighted by molar-refractivity contribution is 5.47. The Morgan fingerprint density at radius 2 is 2.03 bits per heavy atom. The number of morpholine rings is 1. The summed E-state index contributed by atoms with van der Waals surface area (Å²) in [6, 6.07) is 14.0. The van der Waals surface area contributed by atoms with Gasteiger partial charge in [0, 0.05) is 37.6 Å². The Hall–Kier alpha value is -3.03. The highest BCUT2D eigenvalue weighted by Gasteiger charge is 2.24. The zero-order valence-electron chi connectivity index (χ0n) is 16.7. The maximum absolute atomic E-state index is 6.02. The molecule has 0 spiro atoms. The lowest BCUT2D eigenvalue weighted by molar-refractivity contribution is -0.0350. The van der Waals surface area contributed by atoms with Gasteiger partial charge in [0.15, 0.2) is 0 Å². The van der Waals surface area contributed by atoms with E-state index in [0.29, 0.717) is 18.4 Å². The molecule has 29 heavy (non-hydrogen) atoms. The summed E-state index contributed by atoms with van der Waals surface area (Å²) in [4.78, 5) is 15.5. The summed E-state index contributed by atoms with van der Waals surface area (Å²) in [5.41, 5.74) is 3.27. The van der Waals surface area contributed by atoms with Crippen molar-refractivity contribution in [3.05, 3.63) is 71.7 Å². The second-order valence-corrected chi connectivity index (χ2v) is 7.05. The molecule has 0 aliphatic carbocycles. The molecule has 0 bridgehead atoms. The van der Waals surface area contributed by atoms with E-state index in [1.165, 1.54) is 11.1 Å². The van der Waals surface area contributed by atoms with Crippen LogP contribution in [0, 0.1) is 6.92 Å². The fourth-order valence-electron chi connectivity index (χ4n) is 3.43. The van der Waals surface area contributed by atoms with Gasteiger partial charge in [-0.05, 0) is 36.8 Å². The molecule has 1 fully saturated rings. The highest BCUT2D eigenvalue weighted by Crippen LogP contribution is 2.26. The second kappa shape index (κ2) is 8.98. The van der Waals surface area contributed by atoms with Gasteiger partial charge in [0.1, 0.15) is 17.7 Å². The molecular formula is C22H25N5O2. The molecule has 7 heteroatoms. The minimum absolute atomic E-state index is 0.0846. The maximum atomic E-state index is 6.02. The van der Waals surface area contributed by atoms with Gasteiger partial charge in [-0.2, -0.15) is 0 Å². The molecule has 1 atom stereocenters.